The van der Waals surface area contributed by atoms with E-state index in [4.69, 9.17) is 9.84 Å². The van der Waals surface area contributed by atoms with E-state index < -0.39 is 5.97 Å². The molecule has 0 aromatic heterocycles. The van der Waals surface area contributed by atoms with Crippen LogP contribution in [0.4, 0.5) is 0 Å². The van der Waals surface area contributed by atoms with Gasteiger partial charge in [-0.15, -0.1) is 0 Å². The highest BCUT2D eigenvalue weighted by Crippen LogP contribution is 2.29. The fraction of sp³-hybridized carbons (Fsp3) is 0.417. The van der Waals surface area contributed by atoms with E-state index in [1.165, 1.54) is 0 Å². The number of hydrogen-bond acceptors (Lipinski definition) is 3. The first-order valence-corrected chi connectivity index (χ1v) is 5.30. The zero-order valence-electron chi connectivity index (χ0n) is 9.14. The third-order valence-electron chi connectivity index (χ3n) is 3.08. The monoisotopic (exact) mass is 221 g/mol. The van der Waals surface area contributed by atoms with Gasteiger partial charge in [0.05, 0.1) is 13.0 Å². The molecule has 2 atom stereocenters. The van der Waals surface area contributed by atoms with Gasteiger partial charge in [-0.25, -0.2) is 0 Å². The lowest BCUT2D eigenvalue weighted by atomic mass is 9.89. The average molecular weight is 221 g/mol. The number of rotatable bonds is 3. The van der Waals surface area contributed by atoms with Gasteiger partial charge in [-0.2, -0.15) is 0 Å². The van der Waals surface area contributed by atoms with Crippen LogP contribution in [0.3, 0.4) is 0 Å². The Kier molecular flexibility index (Phi) is 3.10. The van der Waals surface area contributed by atoms with E-state index in [-0.39, 0.29) is 11.8 Å². The van der Waals surface area contributed by atoms with Gasteiger partial charge in [-0.3, -0.25) is 4.79 Å². The van der Waals surface area contributed by atoms with Gasteiger partial charge in [0.15, 0.2) is 0 Å². The Morgan fingerprint density at radius 1 is 1.38 bits per heavy atom. The van der Waals surface area contributed by atoms with Crippen molar-refractivity contribution in [2.75, 3.05) is 20.2 Å². The van der Waals surface area contributed by atoms with Crippen molar-refractivity contribution < 1.29 is 14.6 Å². The van der Waals surface area contributed by atoms with Gasteiger partial charge in [0.2, 0.25) is 0 Å². The predicted molar refractivity (Wildman–Crippen MR) is 59.7 cm³/mol. The molecule has 0 spiro atoms. The molecule has 4 heteroatoms. The summed E-state index contributed by atoms with van der Waals surface area (Å²) in [6.45, 7) is 1.27. The standard InChI is InChI=1S/C12H15NO3/c1-16-9-4-2-8(3-5-9)10-6-13-7-11(10)12(14)15/h2-5,10-11,13H,6-7H2,1H3,(H,14,15)/t10-,11-/m0/s1. The first-order chi connectivity index (χ1) is 7.72. The van der Waals surface area contributed by atoms with Crippen LogP contribution < -0.4 is 10.1 Å². The molecule has 1 fully saturated rings. The number of carbonyl (C=O) groups is 1. The first-order valence-electron chi connectivity index (χ1n) is 5.30. The van der Waals surface area contributed by atoms with Gasteiger partial charge in [-0.1, -0.05) is 12.1 Å². The molecule has 2 N–H and O–H groups in total. The molecule has 1 heterocycles. The zero-order valence-corrected chi connectivity index (χ0v) is 9.14. The van der Waals surface area contributed by atoms with Crippen LogP contribution in [-0.4, -0.2) is 31.3 Å². The quantitative estimate of drug-likeness (QED) is 0.802. The Balaban J connectivity index is 2.19. The third kappa shape index (κ3) is 2.02. The second kappa shape index (κ2) is 4.53. The van der Waals surface area contributed by atoms with Crippen LogP contribution >= 0.6 is 0 Å². The van der Waals surface area contributed by atoms with E-state index >= 15 is 0 Å². The number of carboxylic acids is 1. The summed E-state index contributed by atoms with van der Waals surface area (Å²) in [4.78, 5) is 11.0. The Morgan fingerprint density at radius 3 is 2.62 bits per heavy atom. The maximum atomic E-state index is 11.0. The van der Waals surface area contributed by atoms with Crippen LogP contribution in [-0.2, 0) is 4.79 Å². The van der Waals surface area contributed by atoms with Crippen molar-refractivity contribution in [3.63, 3.8) is 0 Å². The summed E-state index contributed by atoms with van der Waals surface area (Å²) < 4.78 is 5.07. The van der Waals surface area contributed by atoms with Crippen LogP contribution in [0.5, 0.6) is 5.75 Å². The lowest BCUT2D eigenvalue weighted by Crippen LogP contribution is -2.20. The Hall–Kier alpha value is -1.55. The summed E-state index contributed by atoms with van der Waals surface area (Å²) >= 11 is 0. The minimum Gasteiger partial charge on any atom is -0.497 e. The van der Waals surface area contributed by atoms with E-state index in [1.54, 1.807) is 7.11 Å². The number of aliphatic carboxylic acids is 1. The minimum atomic E-state index is -0.731. The number of methoxy groups -OCH3 is 1. The number of carboxylic acid groups (broad SMARTS) is 1. The molecule has 0 saturated carbocycles. The number of benzene rings is 1. The van der Waals surface area contributed by atoms with Gasteiger partial charge in [-0.05, 0) is 17.7 Å². The van der Waals surface area contributed by atoms with Crippen molar-refractivity contribution in [2.45, 2.75) is 5.92 Å². The molecular formula is C12H15NO3. The largest absolute Gasteiger partial charge is 0.497 e. The summed E-state index contributed by atoms with van der Waals surface area (Å²) in [6, 6.07) is 7.61. The summed E-state index contributed by atoms with van der Waals surface area (Å²) in [5.41, 5.74) is 1.05. The molecule has 1 saturated heterocycles. The van der Waals surface area contributed by atoms with Crippen molar-refractivity contribution >= 4 is 5.97 Å². The molecule has 0 unspecified atom stereocenters. The summed E-state index contributed by atoms with van der Waals surface area (Å²) in [5, 5.41) is 12.2. The highest BCUT2D eigenvalue weighted by atomic mass is 16.5. The van der Waals surface area contributed by atoms with Gasteiger partial charge in [0.25, 0.3) is 0 Å². The fourth-order valence-corrected chi connectivity index (χ4v) is 2.14. The topological polar surface area (TPSA) is 58.6 Å². The van der Waals surface area contributed by atoms with Crippen molar-refractivity contribution in [1.29, 1.82) is 0 Å². The molecule has 16 heavy (non-hydrogen) atoms. The molecule has 0 bridgehead atoms. The molecule has 2 rings (SSSR count). The highest BCUT2D eigenvalue weighted by molar-refractivity contribution is 5.72. The minimum absolute atomic E-state index is 0.0587. The van der Waals surface area contributed by atoms with Crippen LogP contribution in [0.1, 0.15) is 11.5 Å². The zero-order chi connectivity index (χ0) is 11.5. The van der Waals surface area contributed by atoms with Crippen molar-refractivity contribution in [2.24, 2.45) is 5.92 Å². The molecule has 4 nitrogen and oxygen atoms in total. The SMILES string of the molecule is COc1ccc([C@@H]2CNC[C@@H]2C(=O)O)cc1. The Bertz CT molecular complexity index is 374. The molecule has 0 amide bonds. The van der Waals surface area contributed by atoms with E-state index in [1.807, 2.05) is 24.3 Å². The maximum Gasteiger partial charge on any atom is 0.308 e. The van der Waals surface area contributed by atoms with Crippen LogP contribution in [0.15, 0.2) is 24.3 Å². The molecule has 0 radical (unpaired) electrons. The predicted octanol–water partition coefficient (Wildman–Crippen LogP) is 1.08. The number of nitrogens with one attached hydrogen (secondary N) is 1. The molecule has 1 aromatic rings. The summed E-state index contributed by atoms with van der Waals surface area (Å²) in [5.74, 6) is -0.204. The molecule has 1 aliphatic rings. The van der Waals surface area contributed by atoms with Crippen LogP contribution in [0.25, 0.3) is 0 Å². The molecule has 1 aromatic carbocycles. The van der Waals surface area contributed by atoms with Crippen LogP contribution in [0.2, 0.25) is 0 Å². The van der Waals surface area contributed by atoms with Crippen LogP contribution in [0, 0.1) is 5.92 Å². The summed E-state index contributed by atoms with van der Waals surface area (Å²) in [7, 11) is 1.62. The number of ether oxygens (including phenoxy) is 1. The van der Waals surface area contributed by atoms with E-state index in [0.29, 0.717) is 6.54 Å². The molecule has 86 valence electrons. The number of hydrogen-bond donors (Lipinski definition) is 2. The highest BCUT2D eigenvalue weighted by Gasteiger charge is 2.33. The lowest BCUT2D eigenvalue weighted by molar-refractivity contribution is -0.141. The average Bonchev–Trinajstić information content (AvgIpc) is 2.78. The lowest BCUT2D eigenvalue weighted by Gasteiger charge is -2.15. The smallest absolute Gasteiger partial charge is 0.308 e. The fourth-order valence-electron chi connectivity index (χ4n) is 2.14. The van der Waals surface area contributed by atoms with E-state index in [0.717, 1.165) is 17.9 Å². The van der Waals surface area contributed by atoms with Gasteiger partial charge in [0.1, 0.15) is 5.75 Å². The Labute approximate surface area is 94.2 Å². The van der Waals surface area contributed by atoms with Gasteiger partial charge < -0.3 is 15.2 Å². The molecule has 0 aliphatic carbocycles. The van der Waals surface area contributed by atoms with E-state index in [2.05, 4.69) is 5.32 Å². The van der Waals surface area contributed by atoms with Crippen molar-refractivity contribution in [3.8, 4) is 5.75 Å². The second-order valence-electron chi connectivity index (χ2n) is 3.98. The van der Waals surface area contributed by atoms with Crippen molar-refractivity contribution in [1.82, 2.24) is 5.32 Å². The molecular weight excluding hydrogens is 206 g/mol. The Morgan fingerprint density at radius 2 is 2.06 bits per heavy atom. The van der Waals surface area contributed by atoms with E-state index in [9.17, 15) is 4.79 Å². The van der Waals surface area contributed by atoms with Crippen molar-refractivity contribution in [3.05, 3.63) is 29.8 Å². The normalized spacial score (nSPS) is 24.3. The summed E-state index contributed by atoms with van der Waals surface area (Å²) in [6.07, 6.45) is 0. The van der Waals surface area contributed by atoms with Gasteiger partial charge in [0, 0.05) is 19.0 Å². The maximum absolute atomic E-state index is 11.0. The first kappa shape index (κ1) is 11.0. The van der Waals surface area contributed by atoms with Gasteiger partial charge >= 0.3 is 5.97 Å². The second-order valence-corrected chi connectivity index (χ2v) is 3.98. The third-order valence-corrected chi connectivity index (χ3v) is 3.08. The molecule has 1 aliphatic heterocycles.